The van der Waals surface area contributed by atoms with Crippen LogP contribution in [0.2, 0.25) is 5.02 Å². The lowest BCUT2D eigenvalue weighted by Crippen LogP contribution is -2.27. The molecule has 21 heavy (non-hydrogen) atoms. The normalized spacial score (nSPS) is 11.2. The first kappa shape index (κ1) is 15.4. The quantitative estimate of drug-likeness (QED) is 0.929. The van der Waals surface area contributed by atoms with E-state index in [1.54, 1.807) is 24.3 Å². The molecule has 0 aliphatic rings. The summed E-state index contributed by atoms with van der Waals surface area (Å²) in [5.74, 6) is 0.416. The van der Waals surface area contributed by atoms with Gasteiger partial charge in [-0.15, -0.1) is 0 Å². The minimum Gasteiger partial charge on any atom is -0.495 e. The second-order valence-corrected chi connectivity index (χ2v) is 6.53. The lowest BCUT2D eigenvalue weighted by atomic mass is 10.3. The van der Waals surface area contributed by atoms with Crippen LogP contribution in [0.1, 0.15) is 0 Å². The van der Waals surface area contributed by atoms with E-state index in [4.69, 9.17) is 16.3 Å². The van der Waals surface area contributed by atoms with E-state index in [-0.39, 0.29) is 9.92 Å². The molecule has 0 spiro atoms. The Hall–Kier alpha value is -1.99. The summed E-state index contributed by atoms with van der Waals surface area (Å²) in [5.41, 5.74) is -0.169. The molecule has 0 saturated heterocycles. The zero-order valence-corrected chi connectivity index (χ0v) is 12.9. The van der Waals surface area contributed by atoms with Crippen LogP contribution in [-0.2, 0) is 10.0 Å². The third-order valence-electron chi connectivity index (χ3n) is 2.91. The van der Waals surface area contributed by atoms with Gasteiger partial charge in [-0.1, -0.05) is 23.7 Å². The second kappa shape index (κ2) is 5.79. The minimum atomic E-state index is -3.87. The predicted octanol–water partition coefficient (Wildman–Crippen LogP) is 1.86. The molecule has 0 aliphatic carbocycles. The molecule has 1 aromatic heterocycles. The van der Waals surface area contributed by atoms with Crippen LogP contribution in [0.5, 0.6) is 5.75 Å². The number of rotatable bonds is 4. The van der Waals surface area contributed by atoms with Crippen LogP contribution in [0.4, 0.5) is 5.69 Å². The van der Waals surface area contributed by atoms with Crippen LogP contribution in [0.25, 0.3) is 0 Å². The number of aromatic nitrogens is 1. The molecule has 1 N–H and O–H groups in total. The molecule has 6 nitrogen and oxygen atoms in total. The molecule has 0 atom stereocenters. The topological polar surface area (TPSA) is 79.5 Å². The van der Waals surface area contributed by atoms with E-state index in [0.29, 0.717) is 11.4 Å². The average molecular weight is 329 g/mol. The molecule has 1 heterocycles. The molecular formula is C13H13ClN2O4S. The van der Waals surface area contributed by atoms with E-state index in [9.17, 15) is 13.2 Å². The Morgan fingerprint density at radius 3 is 2.57 bits per heavy atom. The van der Waals surface area contributed by atoms with Gasteiger partial charge in [-0.05, 0) is 18.2 Å². The summed E-state index contributed by atoms with van der Waals surface area (Å²) in [4.78, 5) is 13.4. The number of benzene rings is 1. The number of aromatic amines is 1. The fourth-order valence-electron chi connectivity index (χ4n) is 1.76. The third kappa shape index (κ3) is 2.88. The maximum atomic E-state index is 12.6. The molecule has 2 aromatic rings. The Morgan fingerprint density at radius 2 is 1.95 bits per heavy atom. The number of nitrogens with one attached hydrogen (secondary N) is 1. The molecule has 0 amide bonds. The lowest BCUT2D eigenvalue weighted by Gasteiger charge is -2.21. The number of anilines is 1. The fraction of sp³-hybridized carbons (Fsp3) is 0.154. The van der Waals surface area contributed by atoms with Crippen LogP contribution in [0, 0.1) is 0 Å². The van der Waals surface area contributed by atoms with Crippen LogP contribution in [-0.4, -0.2) is 27.6 Å². The van der Waals surface area contributed by atoms with E-state index in [2.05, 4.69) is 4.98 Å². The van der Waals surface area contributed by atoms with Gasteiger partial charge in [0, 0.05) is 13.2 Å². The first-order valence-corrected chi connectivity index (χ1v) is 7.70. The standard InChI is InChI=1S/C13H13ClN2O4S/c1-16(11-5-3-4-6-12(11)20-2)21(18,19)9-7-10(14)13(17)15-8-9/h3-8H,1-2H3,(H,15,17). The first-order valence-electron chi connectivity index (χ1n) is 5.88. The van der Waals surface area contributed by atoms with Crippen molar-refractivity contribution < 1.29 is 13.2 Å². The number of para-hydroxylation sites is 2. The van der Waals surface area contributed by atoms with Crippen LogP contribution in [0.3, 0.4) is 0 Å². The summed E-state index contributed by atoms with van der Waals surface area (Å²) in [7, 11) is -1.02. The highest BCUT2D eigenvalue weighted by Gasteiger charge is 2.24. The van der Waals surface area contributed by atoms with Crippen molar-refractivity contribution in [2.45, 2.75) is 4.90 Å². The van der Waals surface area contributed by atoms with Crippen molar-refractivity contribution in [3.8, 4) is 5.75 Å². The molecule has 2 rings (SSSR count). The Labute approximate surface area is 127 Å². The number of halogens is 1. The largest absolute Gasteiger partial charge is 0.495 e. The van der Waals surface area contributed by atoms with E-state index >= 15 is 0 Å². The third-order valence-corrected chi connectivity index (χ3v) is 4.94. The summed E-state index contributed by atoms with van der Waals surface area (Å²) < 4.78 is 31.3. The minimum absolute atomic E-state index is 0.111. The van der Waals surface area contributed by atoms with Gasteiger partial charge in [-0.2, -0.15) is 0 Å². The zero-order valence-electron chi connectivity index (χ0n) is 11.3. The van der Waals surface area contributed by atoms with Crippen molar-refractivity contribution in [3.63, 3.8) is 0 Å². The van der Waals surface area contributed by atoms with Gasteiger partial charge in [0.1, 0.15) is 15.7 Å². The number of sulfonamides is 1. The summed E-state index contributed by atoms with van der Waals surface area (Å²) in [5, 5.41) is -0.190. The highest BCUT2D eigenvalue weighted by molar-refractivity contribution is 7.92. The molecule has 8 heteroatoms. The number of methoxy groups -OCH3 is 1. The van der Waals surface area contributed by atoms with Gasteiger partial charge in [0.15, 0.2) is 0 Å². The summed E-state index contributed by atoms with van der Waals surface area (Å²) in [6.07, 6.45) is 1.11. The van der Waals surface area contributed by atoms with Gasteiger partial charge in [0.2, 0.25) is 0 Å². The van der Waals surface area contributed by atoms with Crippen LogP contribution < -0.4 is 14.6 Å². The number of hydrogen-bond acceptors (Lipinski definition) is 4. The molecule has 0 radical (unpaired) electrons. The number of H-pyrrole nitrogens is 1. The molecule has 0 saturated carbocycles. The monoisotopic (exact) mass is 328 g/mol. The predicted molar refractivity (Wildman–Crippen MR) is 80.7 cm³/mol. The van der Waals surface area contributed by atoms with Gasteiger partial charge in [-0.3, -0.25) is 9.10 Å². The van der Waals surface area contributed by atoms with Crippen molar-refractivity contribution in [3.05, 3.63) is 51.9 Å². The number of hydrogen-bond donors (Lipinski definition) is 1. The summed E-state index contributed by atoms with van der Waals surface area (Å²) >= 11 is 5.68. The molecular weight excluding hydrogens is 316 g/mol. The average Bonchev–Trinajstić information content (AvgIpc) is 2.49. The maximum Gasteiger partial charge on any atom is 0.266 e. The maximum absolute atomic E-state index is 12.6. The van der Waals surface area contributed by atoms with Crippen molar-refractivity contribution in [1.29, 1.82) is 0 Å². The Bertz CT molecular complexity index is 817. The van der Waals surface area contributed by atoms with Gasteiger partial charge < -0.3 is 9.72 Å². The molecule has 0 fully saturated rings. The van der Waals surface area contributed by atoms with Gasteiger partial charge in [0.25, 0.3) is 15.6 Å². The van der Waals surface area contributed by atoms with E-state index in [1.165, 1.54) is 14.2 Å². The number of nitrogens with zero attached hydrogens (tertiary/aromatic N) is 1. The van der Waals surface area contributed by atoms with E-state index in [1.807, 2.05) is 0 Å². The first-order chi connectivity index (χ1) is 9.87. The Morgan fingerprint density at radius 1 is 1.29 bits per heavy atom. The van der Waals surface area contributed by atoms with Crippen LogP contribution >= 0.6 is 11.6 Å². The summed E-state index contributed by atoms with van der Waals surface area (Å²) in [6, 6.07) is 7.82. The lowest BCUT2D eigenvalue weighted by molar-refractivity contribution is 0.416. The SMILES string of the molecule is COc1ccccc1N(C)S(=O)(=O)c1c[nH]c(=O)c(Cl)c1. The smallest absolute Gasteiger partial charge is 0.266 e. The van der Waals surface area contributed by atoms with Crippen molar-refractivity contribution in [2.24, 2.45) is 0 Å². The van der Waals surface area contributed by atoms with Crippen molar-refractivity contribution in [2.75, 3.05) is 18.5 Å². The molecule has 0 unspecified atom stereocenters. The van der Waals surface area contributed by atoms with E-state index < -0.39 is 15.6 Å². The number of ether oxygens (including phenoxy) is 1. The zero-order chi connectivity index (χ0) is 15.6. The Balaban J connectivity index is 2.52. The highest BCUT2D eigenvalue weighted by atomic mass is 35.5. The van der Waals surface area contributed by atoms with Crippen molar-refractivity contribution >= 4 is 27.3 Å². The molecule has 112 valence electrons. The summed E-state index contributed by atoms with van der Waals surface area (Å²) in [6.45, 7) is 0. The van der Waals surface area contributed by atoms with Gasteiger partial charge in [0.05, 0.1) is 12.8 Å². The van der Waals surface area contributed by atoms with Crippen LogP contribution in [0.15, 0.2) is 46.2 Å². The molecule has 0 aliphatic heterocycles. The number of pyridine rings is 1. The highest BCUT2D eigenvalue weighted by Crippen LogP contribution is 2.30. The van der Waals surface area contributed by atoms with Gasteiger partial charge >= 0.3 is 0 Å². The Kier molecular flexibility index (Phi) is 4.24. The van der Waals surface area contributed by atoms with Gasteiger partial charge in [-0.25, -0.2) is 8.42 Å². The van der Waals surface area contributed by atoms with E-state index in [0.717, 1.165) is 16.6 Å². The van der Waals surface area contributed by atoms with Crippen molar-refractivity contribution in [1.82, 2.24) is 4.98 Å². The fourth-order valence-corrected chi connectivity index (χ4v) is 3.20. The molecule has 0 bridgehead atoms. The molecule has 1 aromatic carbocycles. The second-order valence-electron chi connectivity index (χ2n) is 4.16.